The minimum atomic E-state index is -0.939. The van der Waals surface area contributed by atoms with E-state index in [9.17, 15) is 13.6 Å². The summed E-state index contributed by atoms with van der Waals surface area (Å²) >= 11 is 0. The Morgan fingerprint density at radius 3 is 2.41 bits per heavy atom. The largest absolute Gasteiger partial charge is 0.484 e. The van der Waals surface area contributed by atoms with Crippen molar-refractivity contribution in [2.45, 2.75) is 6.92 Å². The number of nitrogens with one attached hydrogen (secondary N) is 2. The monoisotopic (exact) mass is 369 g/mol. The summed E-state index contributed by atoms with van der Waals surface area (Å²) in [5.41, 5.74) is 2.06. The van der Waals surface area contributed by atoms with Crippen LogP contribution in [0.1, 0.15) is 5.56 Å². The van der Waals surface area contributed by atoms with E-state index < -0.39 is 11.6 Å². The van der Waals surface area contributed by atoms with Crippen molar-refractivity contribution in [2.75, 3.05) is 17.2 Å². The van der Waals surface area contributed by atoms with Gasteiger partial charge in [0.1, 0.15) is 11.6 Å². The van der Waals surface area contributed by atoms with Gasteiger partial charge in [-0.05, 0) is 43.3 Å². The van der Waals surface area contributed by atoms with Gasteiger partial charge in [0.25, 0.3) is 5.91 Å². The third-order valence-electron chi connectivity index (χ3n) is 3.63. The van der Waals surface area contributed by atoms with E-state index in [0.29, 0.717) is 22.9 Å². The maximum atomic E-state index is 13.2. The van der Waals surface area contributed by atoms with Gasteiger partial charge >= 0.3 is 0 Å². The van der Waals surface area contributed by atoms with E-state index in [1.54, 1.807) is 24.3 Å². The summed E-state index contributed by atoms with van der Waals surface area (Å²) in [6, 6.07) is 14.1. The third kappa shape index (κ3) is 5.24. The lowest BCUT2D eigenvalue weighted by Gasteiger charge is -2.09. The van der Waals surface area contributed by atoms with Crippen molar-refractivity contribution in [3.05, 3.63) is 78.0 Å². The molecule has 0 spiro atoms. The second kappa shape index (κ2) is 8.27. The number of pyridine rings is 1. The minimum Gasteiger partial charge on any atom is -0.484 e. The molecule has 0 fully saturated rings. The molecule has 1 aromatic heterocycles. The molecular weight excluding hydrogens is 352 g/mol. The summed E-state index contributed by atoms with van der Waals surface area (Å²) in [6.45, 7) is 1.83. The Morgan fingerprint density at radius 1 is 1.00 bits per heavy atom. The number of hydrogen-bond donors (Lipinski definition) is 2. The lowest BCUT2D eigenvalue weighted by atomic mass is 10.2. The quantitative estimate of drug-likeness (QED) is 0.675. The molecule has 3 aromatic rings. The first kappa shape index (κ1) is 18.3. The van der Waals surface area contributed by atoms with E-state index in [4.69, 9.17) is 4.74 Å². The zero-order chi connectivity index (χ0) is 19.2. The lowest BCUT2D eigenvalue weighted by Crippen LogP contribution is -2.20. The lowest BCUT2D eigenvalue weighted by molar-refractivity contribution is -0.118. The maximum absolute atomic E-state index is 13.2. The molecule has 0 aliphatic rings. The Morgan fingerprint density at radius 2 is 1.74 bits per heavy atom. The molecule has 0 unspecified atom stereocenters. The van der Waals surface area contributed by atoms with Crippen molar-refractivity contribution in [1.29, 1.82) is 0 Å². The molecule has 0 radical (unpaired) electrons. The fraction of sp³-hybridized carbons (Fsp3) is 0.100. The van der Waals surface area contributed by atoms with Crippen molar-refractivity contribution in [3.8, 4) is 5.75 Å². The molecule has 0 atom stereocenters. The van der Waals surface area contributed by atoms with Gasteiger partial charge in [0.15, 0.2) is 18.2 Å². The number of aryl methyl sites for hydroxylation is 1. The molecule has 2 N–H and O–H groups in total. The number of halogens is 2. The van der Waals surface area contributed by atoms with Crippen molar-refractivity contribution in [3.63, 3.8) is 0 Å². The summed E-state index contributed by atoms with van der Waals surface area (Å²) in [4.78, 5) is 16.0. The van der Waals surface area contributed by atoms with Crippen molar-refractivity contribution in [2.24, 2.45) is 0 Å². The van der Waals surface area contributed by atoms with Gasteiger partial charge in [0.05, 0.1) is 11.9 Å². The van der Waals surface area contributed by atoms with Gasteiger partial charge in [-0.2, -0.15) is 0 Å². The summed E-state index contributed by atoms with van der Waals surface area (Å²) in [6.07, 6.45) is 1.47. The summed E-state index contributed by atoms with van der Waals surface area (Å²) < 4.78 is 31.5. The fourth-order valence-corrected chi connectivity index (χ4v) is 2.24. The molecule has 1 heterocycles. The van der Waals surface area contributed by atoms with Gasteiger partial charge < -0.3 is 15.4 Å². The molecule has 3 rings (SSSR count). The summed E-state index contributed by atoms with van der Waals surface area (Å²) in [5, 5.41) is 5.52. The number of anilines is 3. The van der Waals surface area contributed by atoms with Crippen LogP contribution in [0, 0.1) is 18.6 Å². The average Bonchev–Trinajstić information content (AvgIpc) is 2.66. The third-order valence-corrected chi connectivity index (χ3v) is 3.63. The number of carbonyl (C=O) groups is 1. The topological polar surface area (TPSA) is 63.2 Å². The molecule has 138 valence electrons. The van der Waals surface area contributed by atoms with Gasteiger partial charge in [-0.15, -0.1) is 0 Å². The van der Waals surface area contributed by atoms with E-state index in [1.165, 1.54) is 12.3 Å². The normalized spacial score (nSPS) is 10.3. The number of rotatable bonds is 6. The van der Waals surface area contributed by atoms with Crippen LogP contribution in [-0.4, -0.2) is 17.5 Å². The van der Waals surface area contributed by atoms with E-state index in [0.717, 1.165) is 17.7 Å². The molecule has 1 amide bonds. The van der Waals surface area contributed by atoms with Crippen molar-refractivity contribution < 1.29 is 18.3 Å². The highest BCUT2D eigenvalue weighted by Gasteiger charge is 2.06. The van der Waals surface area contributed by atoms with Crippen molar-refractivity contribution in [1.82, 2.24) is 4.98 Å². The van der Waals surface area contributed by atoms with Gasteiger partial charge in [-0.1, -0.05) is 17.7 Å². The first-order valence-electron chi connectivity index (χ1n) is 8.17. The molecule has 0 bridgehead atoms. The molecule has 0 saturated carbocycles. The SMILES string of the molecule is Cc1ccc(OCC(=O)Nc2ccc(Nc3ccc(F)c(F)c3)cn2)cc1. The van der Waals surface area contributed by atoms with E-state index in [1.807, 2.05) is 19.1 Å². The first-order valence-corrected chi connectivity index (χ1v) is 8.17. The number of nitrogens with zero attached hydrogens (tertiary/aromatic N) is 1. The Balaban J connectivity index is 1.52. The molecule has 27 heavy (non-hydrogen) atoms. The van der Waals surface area contributed by atoms with Gasteiger partial charge in [0, 0.05) is 11.8 Å². The molecular formula is C20H17F2N3O2. The van der Waals surface area contributed by atoms with Crippen LogP contribution in [0.4, 0.5) is 26.0 Å². The predicted octanol–water partition coefficient (Wildman–Crippen LogP) is 4.43. The number of hydrogen-bond acceptors (Lipinski definition) is 4. The predicted molar refractivity (Wildman–Crippen MR) is 99.2 cm³/mol. The Hall–Kier alpha value is -3.48. The minimum absolute atomic E-state index is 0.139. The zero-order valence-corrected chi connectivity index (χ0v) is 14.5. The molecule has 2 aromatic carbocycles. The zero-order valence-electron chi connectivity index (χ0n) is 14.5. The molecule has 0 aliphatic heterocycles. The van der Waals surface area contributed by atoms with Gasteiger partial charge in [-0.3, -0.25) is 4.79 Å². The first-order chi connectivity index (χ1) is 13.0. The van der Waals surface area contributed by atoms with Crippen LogP contribution in [0.5, 0.6) is 5.75 Å². The maximum Gasteiger partial charge on any atom is 0.263 e. The highest BCUT2D eigenvalue weighted by Crippen LogP contribution is 2.19. The number of carbonyl (C=O) groups excluding carboxylic acids is 1. The van der Waals surface area contributed by atoms with Gasteiger partial charge in [-0.25, -0.2) is 13.8 Å². The number of ether oxygens (including phenoxy) is 1. The van der Waals surface area contributed by atoms with Crippen LogP contribution in [0.3, 0.4) is 0 Å². The van der Waals surface area contributed by atoms with E-state index in [2.05, 4.69) is 15.6 Å². The standard InChI is InChI=1S/C20H17F2N3O2/c1-13-2-6-16(7-3-13)27-12-20(26)25-19-9-5-15(11-23-19)24-14-4-8-17(21)18(22)10-14/h2-11,24H,12H2,1H3,(H,23,25,26). The smallest absolute Gasteiger partial charge is 0.263 e. The van der Waals surface area contributed by atoms with Crippen LogP contribution < -0.4 is 15.4 Å². The number of amides is 1. The highest BCUT2D eigenvalue weighted by molar-refractivity contribution is 5.91. The molecule has 5 nitrogen and oxygen atoms in total. The Labute approximate surface area is 155 Å². The summed E-state index contributed by atoms with van der Waals surface area (Å²) in [5.74, 6) is -1.24. The van der Waals surface area contributed by atoms with Crippen LogP contribution in [0.25, 0.3) is 0 Å². The van der Waals surface area contributed by atoms with Gasteiger partial charge in [0.2, 0.25) is 0 Å². The fourth-order valence-electron chi connectivity index (χ4n) is 2.24. The second-order valence-electron chi connectivity index (χ2n) is 5.84. The van der Waals surface area contributed by atoms with Crippen LogP contribution in [-0.2, 0) is 4.79 Å². The van der Waals surface area contributed by atoms with E-state index >= 15 is 0 Å². The van der Waals surface area contributed by atoms with Crippen molar-refractivity contribution >= 4 is 23.1 Å². The molecule has 7 heteroatoms. The Bertz CT molecular complexity index is 929. The molecule has 0 saturated heterocycles. The number of benzene rings is 2. The second-order valence-corrected chi connectivity index (χ2v) is 5.84. The van der Waals surface area contributed by atoms with Crippen LogP contribution in [0.15, 0.2) is 60.8 Å². The summed E-state index contributed by atoms with van der Waals surface area (Å²) in [7, 11) is 0. The Kier molecular flexibility index (Phi) is 5.61. The number of aromatic nitrogens is 1. The molecule has 0 aliphatic carbocycles. The highest BCUT2D eigenvalue weighted by atomic mass is 19.2. The van der Waals surface area contributed by atoms with Crippen LogP contribution in [0.2, 0.25) is 0 Å². The average molecular weight is 369 g/mol. The van der Waals surface area contributed by atoms with Crippen LogP contribution >= 0.6 is 0 Å². The van der Waals surface area contributed by atoms with E-state index in [-0.39, 0.29) is 12.5 Å².